The topological polar surface area (TPSA) is 172 Å². The zero-order chi connectivity index (χ0) is 41.4. The van der Waals surface area contributed by atoms with Gasteiger partial charge in [-0.15, -0.1) is 0 Å². The van der Waals surface area contributed by atoms with Gasteiger partial charge in [-0.3, -0.25) is 24.1 Å². The summed E-state index contributed by atoms with van der Waals surface area (Å²) in [7, 11) is 3.07. The molecule has 1 rings (SSSR count). The van der Waals surface area contributed by atoms with Crippen LogP contribution in [0.15, 0.2) is 42.0 Å². The van der Waals surface area contributed by atoms with E-state index in [4.69, 9.17) is 9.47 Å². The Morgan fingerprint density at radius 1 is 0.792 bits per heavy atom. The molecule has 53 heavy (non-hydrogen) atoms. The third kappa shape index (κ3) is 14.2. The smallest absolute Gasteiger partial charge is 0.410 e. The third-order valence-electron chi connectivity index (χ3n) is 8.57. The molecule has 0 heterocycles. The van der Waals surface area contributed by atoms with Crippen molar-refractivity contribution in [3.8, 4) is 0 Å². The highest BCUT2D eigenvalue weighted by molar-refractivity contribution is 5.97. The van der Waals surface area contributed by atoms with Crippen molar-refractivity contribution in [3.63, 3.8) is 0 Å². The first kappa shape index (κ1) is 46.6. The number of esters is 1. The normalized spacial score (nSPS) is 15.0. The summed E-state index contributed by atoms with van der Waals surface area (Å²) in [6.07, 6.45) is 0.284. The molecule has 1 aromatic rings. The number of carbonyl (C=O) groups is 6. The number of aliphatic carboxylic acids is 1. The minimum absolute atomic E-state index is 0.124. The van der Waals surface area contributed by atoms with Crippen LogP contribution in [-0.4, -0.2) is 100 Å². The number of hydrogen-bond acceptors (Lipinski definition) is 8. The minimum atomic E-state index is -1.54. The number of likely N-dealkylation sites (N-methyl/N-ethyl adjacent to an activating group) is 2. The number of carbonyl (C=O) groups excluding carboxylic acids is 5. The molecule has 0 spiro atoms. The standard InChI is InChI=1S/C40H64N4O9/c1-24(2)28(22-25(3)32(46)41-27(35(49)50)23-29(45)52-38(7,8)9)43(15)34(48)30(37(4,5)6)42-33(47)31(44(16)36(51)53-39(10,11)12)40(13,14)26-20-18-17-19-21-26/h17-22,24,27-28,30-31H,23H2,1-16H3,(H,41,46)(H,42,47)(H,49,50)/b25-22+/t27-,28+,30+,31+/m0/s1. The van der Waals surface area contributed by atoms with Crippen molar-refractivity contribution in [2.75, 3.05) is 14.1 Å². The van der Waals surface area contributed by atoms with Crippen LogP contribution >= 0.6 is 0 Å². The van der Waals surface area contributed by atoms with Crippen molar-refractivity contribution < 1.29 is 43.3 Å². The molecule has 0 aliphatic rings. The van der Waals surface area contributed by atoms with E-state index in [-0.39, 0.29) is 11.5 Å². The number of nitrogens with zero attached hydrogens (tertiary/aromatic N) is 2. The SMILES string of the molecule is C/C(=C\[C@H](C(C)C)N(C)C(=O)[C@@H](NC(=O)[C@@H](N(C)C(=O)OC(C)(C)C)C(C)(C)c1ccccc1)C(C)(C)C)C(=O)N[C@@H](CC(=O)OC(C)(C)C)C(=O)O. The lowest BCUT2D eigenvalue weighted by atomic mass is 9.76. The number of carboxylic acid groups (broad SMARTS) is 1. The van der Waals surface area contributed by atoms with Gasteiger partial charge in [0.1, 0.15) is 29.3 Å². The van der Waals surface area contributed by atoms with E-state index in [1.54, 1.807) is 54.7 Å². The van der Waals surface area contributed by atoms with Gasteiger partial charge < -0.3 is 30.1 Å². The first-order valence-electron chi connectivity index (χ1n) is 17.9. The van der Waals surface area contributed by atoms with Gasteiger partial charge in [-0.2, -0.15) is 0 Å². The predicted molar refractivity (Wildman–Crippen MR) is 204 cm³/mol. The van der Waals surface area contributed by atoms with E-state index < -0.39 is 88.4 Å². The molecule has 0 unspecified atom stereocenters. The lowest BCUT2D eigenvalue weighted by Gasteiger charge is -2.42. The lowest BCUT2D eigenvalue weighted by molar-refractivity contribution is -0.158. The second-order valence-corrected chi connectivity index (χ2v) is 17.6. The Labute approximate surface area is 316 Å². The van der Waals surface area contributed by atoms with Gasteiger partial charge in [-0.05, 0) is 65.4 Å². The minimum Gasteiger partial charge on any atom is -0.480 e. The Hall–Kier alpha value is -4.42. The molecule has 298 valence electrons. The molecule has 0 saturated heterocycles. The van der Waals surface area contributed by atoms with Crippen LogP contribution in [0.1, 0.15) is 109 Å². The molecule has 13 heteroatoms. The van der Waals surface area contributed by atoms with Crippen LogP contribution in [0.4, 0.5) is 4.79 Å². The van der Waals surface area contributed by atoms with Crippen LogP contribution in [0.5, 0.6) is 0 Å². The summed E-state index contributed by atoms with van der Waals surface area (Å²) < 4.78 is 10.9. The first-order valence-corrected chi connectivity index (χ1v) is 17.9. The molecule has 0 aromatic heterocycles. The maximum Gasteiger partial charge on any atom is 0.410 e. The van der Waals surface area contributed by atoms with Crippen LogP contribution in [-0.2, 0) is 38.9 Å². The largest absolute Gasteiger partial charge is 0.480 e. The summed E-state index contributed by atoms with van der Waals surface area (Å²) in [5.41, 5.74) is -2.48. The summed E-state index contributed by atoms with van der Waals surface area (Å²) in [4.78, 5) is 82.4. The van der Waals surface area contributed by atoms with Crippen LogP contribution in [0.25, 0.3) is 0 Å². The highest BCUT2D eigenvalue weighted by Gasteiger charge is 2.46. The van der Waals surface area contributed by atoms with Crippen molar-refractivity contribution in [2.24, 2.45) is 11.3 Å². The number of nitrogens with one attached hydrogen (secondary N) is 2. The maximum atomic E-state index is 14.5. The molecule has 4 atom stereocenters. The van der Waals surface area contributed by atoms with Gasteiger partial charge in [0.05, 0.1) is 12.5 Å². The van der Waals surface area contributed by atoms with Crippen molar-refractivity contribution in [2.45, 2.75) is 144 Å². The number of benzene rings is 1. The highest BCUT2D eigenvalue weighted by atomic mass is 16.6. The van der Waals surface area contributed by atoms with Gasteiger partial charge in [0.25, 0.3) is 0 Å². The molecule has 0 fully saturated rings. The van der Waals surface area contributed by atoms with E-state index in [0.717, 1.165) is 5.56 Å². The second kappa shape index (κ2) is 18.1. The predicted octanol–water partition coefficient (Wildman–Crippen LogP) is 5.46. The van der Waals surface area contributed by atoms with Gasteiger partial charge in [0, 0.05) is 25.1 Å². The number of carboxylic acids is 1. The van der Waals surface area contributed by atoms with Gasteiger partial charge >= 0.3 is 18.0 Å². The Bertz CT molecular complexity index is 1500. The quantitative estimate of drug-likeness (QED) is 0.165. The molecule has 0 aliphatic carbocycles. The summed E-state index contributed by atoms with van der Waals surface area (Å²) in [6.45, 7) is 24.5. The van der Waals surface area contributed by atoms with E-state index in [0.29, 0.717) is 0 Å². The molecular weight excluding hydrogens is 680 g/mol. The van der Waals surface area contributed by atoms with E-state index in [1.807, 2.05) is 78.8 Å². The molecule has 0 aliphatic heterocycles. The van der Waals surface area contributed by atoms with Crippen molar-refractivity contribution >= 4 is 35.8 Å². The Morgan fingerprint density at radius 2 is 1.30 bits per heavy atom. The fraction of sp³-hybridized carbons (Fsp3) is 0.650. The van der Waals surface area contributed by atoms with Crippen LogP contribution in [0.2, 0.25) is 0 Å². The van der Waals surface area contributed by atoms with E-state index >= 15 is 0 Å². The maximum absolute atomic E-state index is 14.5. The highest BCUT2D eigenvalue weighted by Crippen LogP contribution is 2.32. The molecule has 0 bridgehead atoms. The zero-order valence-electron chi connectivity index (χ0n) is 34.7. The van der Waals surface area contributed by atoms with Crippen LogP contribution in [0, 0.1) is 11.3 Å². The number of rotatable bonds is 14. The van der Waals surface area contributed by atoms with E-state index in [9.17, 15) is 33.9 Å². The lowest BCUT2D eigenvalue weighted by Crippen LogP contribution is -2.63. The van der Waals surface area contributed by atoms with Gasteiger partial charge in [0.2, 0.25) is 17.7 Å². The first-order chi connectivity index (χ1) is 23.9. The molecule has 3 N–H and O–H groups in total. The van der Waals surface area contributed by atoms with E-state index in [2.05, 4.69) is 10.6 Å². The van der Waals surface area contributed by atoms with Gasteiger partial charge in [-0.25, -0.2) is 9.59 Å². The van der Waals surface area contributed by atoms with Gasteiger partial charge in [-0.1, -0.05) is 84.9 Å². The fourth-order valence-corrected chi connectivity index (χ4v) is 5.78. The number of amides is 4. The monoisotopic (exact) mass is 744 g/mol. The van der Waals surface area contributed by atoms with Crippen molar-refractivity contribution in [1.29, 1.82) is 0 Å². The zero-order valence-corrected chi connectivity index (χ0v) is 34.7. The average Bonchev–Trinajstić information content (AvgIpc) is 2.99. The molecule has 1 aromatic carbocycles. The summed E-state index contributed by atoms with van der Waals surface area (Å²) in [5.74, 6) is -4.14. The summed E-state index contributed by atoms with van der Waals surface area (Å²) in [6, 6.07) is 4.93. The molecule has 4 amide bonds. The Kier molecular flexibility index (Phi) is 15.9. The number of hydrogen-bond donors (Lipinski definition) is 3. The molecular formula is C40H64N4O9. The molecule has 0 saturated carbocycles. The summed E-state index contributed by atoms with van der Waals surface area (Å²) >= 11 is 0. The Balaban J connectivity index is 3.51. The molecule has 0 radical (unpaired) electrons. The van der Waals surface area contributed by atoms with Gasteiger partial charge in [0.15, 0.2) is 0 Å². The number of ether oxygens (including phenoxy) is 2. The van der Waals surface area contributed by atoms with Crippen molar-refractivity contribution in [3.05, 3.63) is 47.5 Å². The van der Waals surface area contributed by atoms with Crippen LogP contribution < -0.4 is 10.6 Å². The second-order valence-electron chi connectivity index (χ2n) is 17.6. The van der Waals surface area contributed by atoms with Crippen molar-refractivity contribution in [1.82, 2.24) is 20.4 Å². The van der Waals surface area contributed by atoms with Crippen LogP contribution in [0.3, 0.4) is 0 Å². The van der Waals surface area contributed by atoms with E-state index in [1.165, 1.54) is 23.8 Å². The summed E-state index contributed by atoms with van der Waals surface area (Å²) in [5, 5.41) is 15.0. The molecule has 13 nitrogen and oxygen atoms in total. The fourth-order valence-electron chi connectivity index (χ4n) is 5.78. The average molecular weight is 745 g/mol. The Morgan fingerprint density at radius 3 is 1.74 bits per heavy atom. The third-order valence-corrected chi connectivity index (χ3v) is 8.57.